The van der Waals surface area contributed by atoms with Gasteiger partial charge in [0.2, 0.25) is 5.96 Å². The smallest absolute Gasteiger partial charge is 0.276 e. The molecule has 0 fully saturated rings. The van der Waals surface area contributed by atoms with Crippen molar-refractivity contribution in [3.05, 3.63) is 35.8 Å². The van der Waals surface area contributed by atoms with Gasteiger partial charge < -0.3 is 15.2 Å². The average Bonchev–Trinajstić information content (AvgIpc) is 3.09. The molecule has 0 unspecified atom stereocenters. The largest absolute Gasteiger partial charge is 0.355 e. The van der Waals surface area contributed by atoms with Crippen LogP contribution in [-0.2, 0) is 4.79 Å². The number of hydrogen-bond acceptors (Lipinski definition) is 5. The van der Waals surface area contributed by atoms with E-state index in [1.54, 1.807) is 12.3 Å². The molecule has 1 aliphatic rings. The van der Waals surface area contributed by atoms with E-state index in [1.165, 1.54) is 0 Å². The van der Waals surface area contributed by atoms with Crippen molar-refractivity contribution in [3.8, 4) is 0 Å². The summed E-state index contributed by atoms with van der Waals surface area (Å²) >= 11 is 0. The van der Waals surface area contributed by atoms with Crippen LogP contribution in [0.1, 0.15) is 19.4 Å². The molecule has 7 nitrogen and oxygen atoms in total. The van der Waals surface area contributed by atoms with E-state index in [4.69, 9.17) is 0 Å². The number of pyridine rings is 1. The Balaban J connectivity index is 0.00000182. The number of fused-ring (bicyclic) bond motifs is 1. The highest BCUT2D eigenvalue weighted by Crippen LogP contribution is 2.20. The van der Waals surface area contributed by atoms with Crippen LogP contribution in [0.5, 0.6) is 0 Å². The van der Waals surface area contributed by atoms with Crippen LogP contribution < -0.4 is 10.6 Å². The minimum Gasteiger partial charge on any atom is -0.355 e. The van der Waals surface area contributed by atoms with Crippen LogP contribution in [0.2, 0.25) is 0 Å². The van der Waals surface area contributed by atoms with Gasteiger partial charge in [-0.3, -0.25) is 10.1 Å². The first-order valence-electron chi connectivity index (χ1n) is 8.26. The molecule has 3 rings (SSSR count). The number of aromatic nitrogens is 2. The maximum atomic E-state index is 12.2. The minimum absolute atomic E-state index is 0. The number of nitrogens with zero attached hydrogens (tertiary/aromatic N) is 3. The molecule has 148 valence electrons. The molecule has 0 aliphatic carbocycles. The highest BCUT2D eigenvalue weighted by Gasteiger charge is 2.24. The molecule has 0 spiro atoms. The Morgan fingerprint density at radius 1 is 1.30 bits per heavy atom. The zero-order valence-corrected chi connectivity index (χ0v) is 17.5. The van der Waals surface area contributed by atoms with Gasteiger partial charge in [0.1, 0.15) is 11.3 Å². The molecular weight excluding hydrogens is 387 g/mol. The number of guanidine groups is 1. The first kappa shape index (κ1) is 23.0. The van der Waals surface area contributed by atoms with Gasteiger partial charge in [0.25, 0.3) is 5.91 Å². The van der Waals surface area contributed by atoms with Gasteiger partial charge in [0.05, 0.1) is 0 Å². The molecule has 0 radical (unpaired) electrons. The Labute approximate surface area is 171 Å². The predicted molar refractivity (Wildman–Crippen MR) is 114 cm³/mol. The second kappa shape index (κ2) is 9.21. The summed E-state index contributed by atoms with van der Waals surface area (Å²) < 4.78 is 0. The maximum absolute atomic E-state index is 12.2. The number of rotatable bonds is 5. The molecule has 1 amide bonds. The van der Waals surface area contributed by atoms with Crippen molar-refractivity contribution >= 4 is 53.8 Å². The molecule has 0 saturated carbocycles. The van der Waals surface area contributed by atoms with Crippen LogP contribution in [-0.4, -0.2) is 53.9 Å². The van der Waals surface area contributed by atoms with Gasteiger partial charge in [0.15, 0.2) is 0 Å². The highest BCUT2D eigenvalue weighted by molar-refractivity contribution is 6.14. The minimum atomic E-state index is -0.203. The van der Waals surface area contributed by atoms with Crippen LogP contribution >= 0.6 is 24.8 Å². The van der Waals surface area contributed by atoms with Crippen molar-refractivity contribution in [2.75, 3.05) is 27.2 Å². The Kier molecular flexibility index (Phi) is 7.83. The second-order valence-corrected chi connectivity index (χ2v) is 7.34. The standard InChI is InChI=1S/C18H24N6O.2ClH/c1-18(2,11-24(3)4)10-21-17-22-14(16(25)23-17)8-12-9-20-15-13(12)6-5-7-19-15;;/h5-9H,10-11H2,1-4H3,(H,19,20)(H2,21,22,23,25);2*1H/b14-8-;;. The maximum Gasteiger partial charge on any atom is 0.276 e. The fourth-order valence-electron chi connectivity index (χ4n) is 3.03. The Morgan fingerprint density at radius 3 is 2.74 bits per heavy atom. The van der Waals surface area contributed by atoms with Crippen molar-refractivity contribution in [2.24, 2.45) is 10.4 Å². The Morgan fingerprint density at radius 2 is 2.04 bits per heavy atom. The number of aliphatic imine (C=N–C) groups is 1. The fourth-order valence-corrected chi connectivity index (χ4v) is 3.03. The van der Waals surface area contributed by atoms with Crippen LogP contribution in [0.25, 0.3) is 17.1 Å². The summed E-state index contributed by atoms with van der Waals surface area (Å²) in [5.41, 5.74) is 2.13. The highest BCUT2D eigenvalue weighted by atomic mass is 35.5. The van der Waals surface area contributed by atoms with Gasteiger partial charge in [0, 0.05) is 36.4 Å². The molecule has 3 heterocycles. The van der Waals surface area contributed by atoms with Gasteiger partial charge >= 0.3 is 0 Å². The first-order chi connectivity index (χ1) is 11.8. The number of amides is 1. The average molecular weight is 413 g/mol. The monoisotopic (exact) mass is 412 g/mol. The van der Waals surface area contributed by atoms with Crippen molar-refractivity contribution in [2.45, 2.75) is 13.8 Å². The molecule has 2 aromatic rings. The quantitative estimate of drug-likeness (QED) is 0.658. The first-order valence-corrected chi connectivity index (χ1v) is 8.26. The molecule has 27 heavy (non-hydrogen) atoms. The number of halogens is 2. The number of aromatic amines is 1. The molecule has 2 aromatic heterocycles. The lowest BCUT2D eigenvalue weighted by atomic mass is 9.93. The summed E-state index contributed by atoms with van der Waals surface area (Å²) in [7, 11) is 4.10. The number of carbonyl (C=O) groups excluding carboxylic acids is 1. The summed E-state index contributed by atoms with van der Waals surface area (Å²) in [6.07, 6.45) is 5.34. The number of H-pyrrole nitrogens is 1. The molecule has 9 heteroatoms. The van der Waals surface area contributed by atoms with E-state index in [0.29, 0.717) is 18.2 Å². The van der Waals surface area contributed by atoms with Gasteiger partial charge in [-0.05, 0) is 37.7 Å². The SMILES string of the molecule is CN(C)CC(C)(C)CNC1=N/C(=C\c2c[nH]c3ncccc23)C(=O)N1.Cl.Cl. The number of hydrogen-bond donors (Lipinski definition) is 3. The van der Waals surface area contributed by atoms with Crippen molar-refractivity contribution in [1.29, 1.82) is 0 Å². The lowest BCUT2D eigenvalue weighted by Gasteiger charge is -2.28. The van der Waals surface area contributed by atoms with Crippen LogP contribution in [0.3, 0.4) is 0 Å². The summed E-state index contributed by atoms with van der Waals surface area (Å²) in [6.45, 7) is 6.00. The number of carbonyl (C=O) groups is 1. The second-order valence-electron chi connectivity index (χ2n) is 7.34. The summed E-state index contributed by atoms with van der Waals surface area (Å²) in [6, 6.07) is 3.83. The Bertz CT molecular complexity index is 856. The molecular formula is C18H26Cl2N6O. The Hall–Kier alpha value is -2.09. The van der Waals surface area contributed by atoms with Crippen LogP contribution in [0.15, 0.2) is 35.2 Å². The molecule has 0 saturated heterocycles. The van der Waals surface area contributed by atoms with E-state index in [9.17, 15) is 4.79 Å². The van der Waals surface area contributed by atoms with Crippen LogP contribution in [0, 0.1) is 5.41 Å². The zero-order valence-electron chi connectivity index (χ0n) is 15.9. The third-order valence-electron chi connectivity index (χ3n) is 3.95. The van der Waals surface area contributed by atoms with Gasteiger partial charge in [-0.2, -0.15) is 0 Å². The number of nitrogens with one attached hydrogen (secondary N) is 3. The van der Waals surface area contributed by atoms with Crippen molar-refractivity contribution in [1.82, 2.24) is 25.5 Å². The molecule has 0 bridgehead atoms. The molecule has 3 N–H and O–H groups in total. The van der Waals surface area contributed by atoms with E-state index in [-0.39, 0.29) is 36.1 Å². The third kappa shape index (κ3) is 5.69. The zero-order chi connectivity index (χ0) is 18.0. The van der Waals surface area contributed by atoms with E-state index < -0.39 is 0 Å². The molecule has 1 aliphatic heterocycles. The van der Waals surface area contributed by atoms with Gasteiger partial charge in [-0.15, -0.1) is 24.8 Å². The predicted octanol–water partition coefficient (Wildman–Crippen LogP) is 2.41. The molecule has 0 aromatic carbocycles. The van der Waals surface area contributed by atoms with Gasteiger partial charge in [-0.25, -0.2) is 9.98 Å². The lowest BCUT2D eigenvalue weighted by Crippen LogP contribution is -2.44. The third-order valence-corrected chi connectivity index (χ3v) is 3.95. The lowest BCUT2D eigenvalue weighted by molar-refractivity contribution is -0.115. The topological polar surface area (TPSA) is 85.4 Å². The van der Waals surface area contributed by atoms with E-state index in [1.807, 2.05) is 32.4 Å². The van der Waals surface area contributed by atoms with Crippen LogP contribution in [0.4, 0.5) is 0 Å². The fraction of sp³-hybridized carbons (Fsp3) is 0.389. The molecule has 0 atom stereocenters. The van der Waals surface area contributed by atoms with Crippen molar-refractivity contribution < 1.29 is 4.79 Å². The van der Waals surface area contributed by atoms with E-state index >= 15 is 0 Å². The van der Waals surface area contributed by atoms with Gasteiger partial charge in [-0.1, -0.05) is 13.8 Å². The normalized spacial score (nSPS) is 15.4. The summed E-state index contributed by atoms with van der Waals surface area (Å²) in [5, 5.41) is 6.98. The van der Waals surface area contributed by atoms with E-state index in [2.05, 4.69) is 44.3 Å². The van der Waals surface area contributed by atoms with E-state index in [0.717, 1.165) is 23.1 Å². The summed E-state index contributed by atoms with van der Waals surface area (Å²) in [5.74, 6) is 0.298. The van der Waals surface area contributed by atoms with Crippen molar-refractivity contribution in [3.63, 3.8) is 0 Å². The summed E-state index contributed by atoms with van der Waals surface area (Å²) in [4.78, 5) is 26.1.